The van der Waals surface area contributed by atoms with E-state index in [1.165, 1.54) is 32.4 Å². The normalized spacial score (nSPS) is 25.8. The molecule has 3 atom stereocenters. The van der Waals surface area contributed by atoms with E-state index in [-0.39, 0.29) is 0 Å². The Labute approximate surface area is 82.5 Å². The number of hydrogen-bond donors (Lipinski definition) is 1. The molecule has 2 heteroatoms. The van der Waals surface area contributed by atoms with Crippen LogP contribution in [0.2, 0.25) is 0 Å². The Hall–Kier alpha value is -0.0800. The molecule has 0 aromatic rings. The second-order valence-electron chi connectivity index (χ2n) is 4.44. The van der Waals surface area contributed by atoms with Gasteiger partial charge in [0.1, 0.15) is 0 Å². The second-order valence-corrected chi connectivity index (χ2v) is 4.44. The van der Waals surface area contributed by atoms with E-state index in [1.807, 2.05) is 0 Å². The minimum atomic E-state index is 0.325. The van der Waals surface area contributed by atoms with Crippen molar-refractivity contribution >= 4 is 0 Å². The molecule has 1 aliphatic heterocycles. The standard InChI is InChI=1S/C11H24N2/c1-4-11(9(2)10(3)12)13-7-5-6-8-13/h9-11H,4-8,12H2,1-3H3. The summed E-state index contributed by atoms with van der Waals surface area (Å²) in [5.74, 6) is 0.628. The lowest BCUT2D eigenvalue weighted by Crippen LogP contribution is -2.43. The zero-order valence-corrected chi connectivity index (χ0v) is 9.29. The van der Waals surface area contributed by atoms with Crippen LogP contribution in [0.1, 0.15) is 40.0 Å². The average Bonchev–Trinajstić information content (AvgIpc) is 2.58. The minimum Gasteiger partial charge on any atom is -0.328 e. The summed E-state index contributed by atoms with van der Waals surface area (Å²) < 4.78 is 0. The Morgan fingerprint density at radius 3 is 2.15 bits per heavy atom. The van der Waals surface area contributed by atoms with Crippen LogP contribution in [0.4, 0.5) is 0 Å². The van der Waals surface area contributed by atoms with Gasteiger partial charge in [0.2, 0.25) is 0 Å². The van der Waals surface area contributed by atoms with Crippen molar-refractivity contribution in [2.24, 2.45) is 11.7 Å². The molecule has 78 valence electrons. The number of rotatable bonds is 4. The molecule has 0 radical (unpaired) electrons. The van der Waals surface area contributed by atoms with Crippen molar-refractivity contribution < 1.29 is 0 Å². The Morgan fingerprint density at radius 2 is 1.77 bits per heavy atom. The van der Waals surface area contributed by atoms with Crippen LogP contribution >= 0.6 is 0 Å². The Balaban J connectivity index is 2.49. The predicted octanol–water partition coefficient (Wildman–Crippen LogP) is 1.84. The molecule has 1 rings (SSSR count). The summed E-state index contributed by atoms with van der Waals surface area (Å²) >= 11 is 0. The van der Waals surface area contributed by atoms with Crippen molar-refractivity contribution in [3.63, 3.8) is 0 Å². The highest BCUT2D eigenvalue weighted by Crippen LogP contribution is 2.21. The highest BCUT2D eigenvalue weighted by Gasteiger charge is 2.26. The highest BCUT2D eigenvalue weighted by atomic mass is 15.2. The summed E-state index contributed by atoms with van der Waals surface area (Å²) in [5.41, 5.74) is 5.95. The van der Waals surface area contributed by atoms with E-state index in [4.69, 9.17) is 5.73 Å². The lowest BCUT2D eigenvalue weighted by Gasteiger charge is -2.33. The molecule has 13 heavy (non-hydrogen) atoms. The first-order chi connectivity index (χ1) is 6.16. The molecular formula is C11H24N2. The topological polar surface area (TPSA) is 29.3 Å². The van der Waals surface area contributed by atoms with Crippen molar-refractivity contribution in [2.75, 3.05) is 13.1 Å². The fourth-order valence-electron chi connectivity index (χ4n) is 2.39. The van der Waals surface area contributed by atoms with Crippen LogP contribution in [0.3, 0.4) is 0 Å². The summed E-state index contributed by atoms with van der Waals surface area (Å²) in [6.45, 7) is 9.27. The summed E-state index contributed by atoms with van der Waals surface area (Å²) in [6, 6.07) is 1.04. The molecule has 0 saturated carbocycles. The van der Waals surface area contributed by atoms with Gasteiger partial charge in [-0.25, -0.2) is 0 Å². The fourth-order valence-corrected chi connectivity index (χ4v) is 2.39. The molecule has 0 bridgehead atoms. The maximum Gasteiger partial charge on any atom is 0.0133 e. The third kappa shape index (κ3) is 2.68. The van der Waals surface area contributed by atoms with Crippen molar-refractivity contribution in [3.05, 3.63) is 0 Å². The van der Waals surface area contributed by atoms with Crippen molar-refractivity contribution in [1.82, 2.24) is 4.90 Å². The van der Waals surface area contributed by atoms with E-state index < -0.39 is 0 Å². The third-order valence-corrected chi connectivity index (χ3v) is 3.46. The van der Waals surface area contributed by atoms with E-state index in [9.17, 15) is 0 Å². The van der Waals surface area contributed by atoms with Gasteiger partial charge >= 0.3 is 0 Å². The van der Waals surface area contributed by atoms with Gasteiger partial charge in [-0.3, -0.25) is 0 Å². The number of likely N-dealkylation sites (tertiary alicyclic amines) is 1. The van der Waals surface area contributed by atoms with Gasteiger partial charge in [0.05, 0.1) is 0 Å². The van der Waals surface area contributed by atoms with Gasteiger partial charge in [-0.1, -0.05) is 13.8 Å². The first-order valence-electron chi connectivity index (χ1n) is 5.66. The van der Waals surface area contributed by atoms with Gasteiger partial charge < -0.3 is 10.6 Å². The quantitative estimate of drug-likeness (QED) is 0.722. The first-order valence-corrected chi connectivity index (χ1v) is 5.66. The van der Waals surface area contributed by atoms with Crippen LogP contribution in [0, 0.1) is 5.92 Å². The molecular weight excluding hydrogens is 160 g/mol. The zero-order valence-electron chi connectivity index (χ0n) is 9.29. The maximum absolute atomic E-state index is 5.95. The Morgan fingerprint density at radius 1 is 1.23 bits per heavy atom. The molecule has 0 aliphatic carbocycles. The van der Waals surface area contributed by atoms with E-state index >= 15 is 0 Å². The third-order valence-electron chi connectivity index (χ3n) is 3.46. The Kier molecular flexibility index (Phi) is 4.20. The average molecular weight is 184 g/mol. The van der Waals surface area contributed by atoms with Crippen LogP contribution in [0.15, 0.2) is 0 Å². The largest absolute Gasteiger partial charge is 0.328 e. The van der Waals surface area contributed by atoms with E-state index in [2.05, 4.69) is 25.7 Å². The van der Waals surface area contributed by atoms with Gasteiger partial charge in [0.15, 0.2) is 0 Å². The van der Waals surface area contributed by atoms with Crippen LogP contribution < -0.4 is 5.73 Å². The first kappa shape index (κ1) is 11.0. The molecule has 0 aromatic carbocycles. The van der Waals surface area contributed by atoms with Crippen molar-refractivity contribution in [2.45, 2.75) is 52.1 Å². The van der Waals surface area contributed by atoms with E-state index in [0.717, 1.165) is 0 Å². The predicted molar refractivity (Wildman–Crippen MR) is 57.7 cm³/mol. The van der Waals surface area contributed by atoms with Gasteiger partial charge in [0, 0.05) is 12.1 Å². The molecule has 2 nitrogen and oxygen atoms in total. The van der Waals surface area contributed by atoms with E-state index in [1.54, 1.807) is 0 Å². The van der Waals surface area contributed by atoms with Gasteiger partial charge in [-0.05, 0) is 45.2 Å². The number of hydrogen-bond acceptors (Lipinski definition) is 2. The molecule has 1 saturated heterocycles. The molecule has 0 amide bonds. The fraction of sp³-hybridized carbons (Fsp3) is 1.00. The minimum absolute atomic E-state index is 0.325. The van der Waals surface area contributed by atoms with E-state index in [0.29, 0.717) is 18.0 Å². The molecule has 0 aromatic heterocycles. The van der Waals surface area contributed by atoms with Gasteiger partial charge in [-0.2, -0.15) is 0 Å². The maximum atomic E-state index is 5.95. The molecule has 0 spiro atoms. The van der Waals surface area contributed by atoms with Crippen LogP contribution in [0.5, 0.6) is 0 Å². The van der Waals surface area contributed by atoms with Gasteiger partial charge in [-0.15, -0.1) is 0 Å². The second kappa shape index (κ2) is 4.97. The molecule has 1 aliphatic rings. The SMILES string of the molecule is CCC(C(C)C(C)N)N1CCCC1. The number of nitrogens with two attached hydrogens (primary N) is 1. The highest BCUT2D eigenvalue weighted by molar-refractivity contribution is 4.82. The van der Waals surface area contributed by atoms with Crippen molar-refractivity contribution in [1.29, 1.82) is 0 Å². The molecule has 3 unspecified atom stereocenters. The monoisotopic (exact) mass is 184 g/mol. The summed E-state index contributed by atoms with van der Waals surface area (Å²) in [4.78, 5) is 2.62. The molecule has 2 N–H and O–H groups in total. The molecule has 1 fully saturated rings. The lowest BCUT2D eigenvalue weighted by atomic mass is 9.92. The number of nitrogens with zero attached hydrogens (tertiary/aromatic N) is 1. The Bertz CT molecular complexity index is 137. The molecule has 1 heterocycles. The van der Waals surface area contributed by atoms with Crippen molar-refractivity contribution in [3.8, 4) is 0 Å². The van der Waals surface area contributed by atoms with Crippen LogP contribution in [-0.2, 0) is 0 Å². The van der Waals surface area contributed by atoms with Crippen LogP contribution in [-0.4, -0.2) is 30.1 Å². The smallest absolute Gasteiger partial charge is 0.0133 e. The lowest BCUT2D eigenvalue weighted by molar-refractivity contribution is 0.163. The summed E-state index contributed by atoms with van der Waals surface area (Å²) in [5, 5.41) is 0. The summed E-state index contributed by atoms with van der Waals surface area (Å²) in [7, 11) is 0. The van der Waals surface area contributed by atoms with Crippen LogP contribution in [0.25, 0.3) is 0 Å². The summed E-state index contributed by atoms with van der Waals surface area (Å²) in [6.07, 6.45) is 3.99. The zero-order chi connectivity index (χ0) is 9.84. The van der Waals surface area contributed by atoms with Gasteiger partial charge in [0.25, 0.3) is 0 Å².